The zero-order chi connectivity index (χ0) is 17.1. The Morgan fingerprint density at radius 1 is 1.29 bits per heavy atom. The maximum atomic E-state index is 12.4. The molecule has 1 aliphatic heterocycles. The summed E-state index contributed by atoms with van der Waals surface area (Å²) in [4.78, 5) is 26.1. The fourth-order valence-electron chi connectivity index (χ4n) is 2.51. The van der Waals surface area contributed by atoms with Crippen LogP contribution in [-0.2, 0) is 9.59 Å². The third-order valence-corrected chi connectivity index (χ3v) is 4.20. The average Bonchev–Trinajstić information content (AvgIpc) is 2.71. The van der Waals surface area contributed by atoms with Gasteiger partial charge in [0, 0.05) is 10.7 Å². The Hall–Kier alpha value is -2.53. The Bertz CT molecular complexity index is 792. The first-order valence-electron chi connectivity index (χ1n) is 7.63. The summed E-state index contributed by atoms with van der Waals surface area (Å²) < 4.78 is 5.57. The highest BCUT2D eigenvalue weighted by atomic mass is 35.5. The summed E-state index contributed by atoms with van der Waals surface area (Å²) >= 11 is 6.07. The summed E-state index contributed by atoms with van der Waals surface area (Å²) in [7, 11) is 0. The highest BCUT2D eigenvalue weighted by Crippen LogP contribution is 2.30. The Balaban J connectivity index is 1.77. The second kappa shape index (κ2) is 6.93. The van der Waals surface area contributed by atoms with E-state index < -0.39 is 0 Å². The molecule has 0 spiro atoms. The maximum Gasteiger partial charge on any atom is 0.244 e. The number of benzene rings is 2. The average molecular weight is 345 g/mol. The first kappa shape index (κ1) is 16.3. The number of fused-ring (bicyclic) bond motifs is 1. The lowest BCUT2D eigenvalue weighted by atomic mass is 10.2. The number of ether oxygens (including phenoxy) is 1. The Morgan fingerprint density at radius 2 is 2.08 bits per heavy atom. The van der Waals surface area contributed by atoms with Gasteiger partial charge in [0.05, 0.1) is 18.7 Å². The minimum atomic E-state index is -0.292. The number of aryl methyl sites for hydroxylation is 1. The van der Waals surface area contributed by atoms with Gasteiger partial charge in [-0.3, -0.25) is 14.5 Å². The number of nitrogens with zero attached hydrogens (tertiary/aromatic N) is 1. The Morgan fingerprint density at radius 3 is 2.88 bits per heavy atom. The van der Waals surface area contributed by atoms with Gasteiger partial charge >= 0.3 is 0 Å². The van der Waals surface area contributed by atoms with E-state index in [2.05, 4.69) is 5.32 Å². The molecule has 0 aliphatic carbocycles. The molecule has 1 N–H and O–H groups in total. The molecule has 0 aromatic heterocycles. The zero-order valence-corrected chi connectivity index (χ0v) is 14.0. The molecule has 24 heavy (non-hydrogen) atoms. The Kier molecular flexibility index (Phi) is 4.71. The normalized spacial score (nSPS) is 13.8. The van der Waals surface area contributed by atoms with Gasteiger partial charge < -0.3 is 10.1 Å². The summed E-state index contributed by atoms with van der Waals surface area (Å²) in [5, 5.41) is 3.35. The molecule has 2 aromatic carbocycles. The molecule has 3 rings (SSSR count). The van der Waals surface area contributed by atoms with Crippen LogP contribution in [0.5, 0.6) is 5.75 Å². The predicted octanol–water partition coefficient (Wildman–Crippen LogP) is 3.40. The second-order valence-corrected chi connectivity index (χ2v) is 5.97. The second-order valence-electron chi connectivity index (χ2n) is 5.56. The first-order valence-corrected chi connectivity index (χ1v) is 8.00. The van der Waals surface area contributed by atoms with Gasteiger partial charge in [-0.15, -0.1) is 0 Å². The minimum Gasteiger partial charge on any atom is -0.491 e. The number of rotatable bonds is 3. The monoisotopic (exact) mass is 344 g/mol. The number of carbonyl (C=O) groups excluding carboxylic acids is 2. The van der Waals surface area contributed by atoms with E-state index in [1.807, 2.05) is 25.1 Å². The summed E-state index contributed by atoms with van der Waals surface area (Å²) in [5.41, 5.74) is 2.14. The fraction of sp³-hybridized carbons (Fsp3) is 0.222. The molecule has 0 saturated heterocycles. The molecule has 0 radical (unpaired) electrons. The van der Waals surface area contributed by atoms with Gasteiger partial charge in [0.15, 0.2) is 0 Å². The first-order chi connectivity index (χ1) is 11.5. The molecule has 124 valence electrons. The highest BCUT2D eigenvalue weighted by molar-refractivity contribution is 6.31. The minimum absolute atomic E-state index is 0.0787. The third-order valence-electron chi connectivity index (χ3n) is 3.79. The van der Waals surface area contributed by atoms with Crippen LogP contribution in [0.15, 0.2) is 42.5 Å². The van der Waals surface area contributed by atoms with Crippen LogP contribution in [-0.4, -0.2) is 25.0 Å². The van der Waals surface area contributed by atoms with E-state index in [0.29, 0.717) is 28.8 Å². The van der Waals surface area contributed by atoms with Crippen molar-refractivity contribution >= 4 is 34.8 Å². The molecule has 6 heteroatoms. The fourth-order valence-corrected chi connectivity index (χ4v) is 2.69. The van der Waals surface area contributed by atoms with E-state index in [1.54, 1.807) is 24.3 Å². The van der Waals surface area contributed by atoms with Crippen LogP contribution in [0, 0.1) is 6.92 Å². The van der Waals surface area contributed by atoms with Crippen molar-refractivity contribution in [3.63, 3.8) is 0 Å². The molecule has 0 atom stereocenters. The van der Waals surface area contributed by atoms with Gasteiger partial charge in [0.25, 0.3) is 0 Å². The van der Waals surface area contributed by atoms with Crippen molar-refractivity contribution < 1.29 is 14.3 Å². The van der Waals surface area contributed by atoms with Crippen LogP contribution < -0.4 is 15.0 Å². The number of amides is 2. The highest BCUT2D eigenvalue weighted by Gasteiger charge is 2.25. The molecule has 1 heterocycles. The van der Waals surface area contributed by atoms with E-state index in [-0.39, 0.29) is 24.8 Å². The molecule has 5 nitrogen and oxygen atoms in total. The van der Waals surface area contributed by atoms with Gasteiger partial charge in [-0.05, 0) is 36.8 Å². The van der Waals surface area contributed by atoms with Gasteiger partial charge in [-0.1, -0.05) is 29.8 Å². The van der Waals surface area contributed by atoms with Crippen LogP contribution in [0.1, 0.15) is 12.0 Å². The maximum absolute atomic E-state index is 12.4. The van der Waals surface area contributed by atoms with Gasteiger partial charge in [0.2, 0.25) is 11.8 Å². The quantitative estimate of drug-likeness (QED) is 0.928. The molecule has 2 amide bonds. The molecule has 0 unspecified atom stereocenters. The smallest absolute Gasteiger partial charge is 0.244 e. The lowest BCUT2D eigenvalue weighted by Gasteiger charge is -2.21. The van der Waals surface area contributed by atoms with Crippen LogP contribution in [0.4, 0.5) is 11.4 Å². The van der Waals surface area contributed by atoms with Crippen molar-refractivity contribution in [1.82, 2.24) is 0 Å². The van der Waals surface area contributed by atoms with E-state index in [9.17, 15) is 9.59 Å². The van der Waals surface area contributed by atoms with E-state index in [1.165, 1.54) is 4.90 Å². The largest absolute Gasteiger partial charge is 0.491 e. The standard InChI is InChI=1S/C18H17ClN2O3/c1-12-6-7-13(10-14(12)19)20-17(22)11-21-15-4-2-3-5-16(15)24-9-8-18(21)23/h2-7,10H,8-9,11H2,1H3,(H,20,22). The van der Waals surface area contributed by atoms with Crippen LogP contribution in [0.2, 0.25) is 5.02 Å². The zero-order valence-electron chi connectivity index (χ0n) is 13.2. The van der Waals surface area contributed by atoms with Crippen molar-refractivity contribution in [1.29, 1.82) is 0 Å². The summed E-state index contributed by atoms with van der Waals surface area (Å²) in [6, 6.07) is 12.5. The number of hydrogen-bond donors (Lipinski definition) is 1. The van der Waals surface area contributed by atoms with E-state index in [0.717, 1.165) is 5.56 Å². The Labute approximate surface area is 145 Å². The summed E-state index contributed by atoms with van der Waals surface area (Å²) in [5.74, 6) is 0.173. The number of para-hydroxylation sites is 2. The molecule has 1 aliphatic rings. The SMILES string of the molecule is Cc1ccc(NC(=O)CN2C(=O)CCOc3ccccc32)cc1Cl. The third kappa shape index (κ3) is 3.51. The topological polar surface area (TPSA) is 58.6 Å². The van der Waals surface area contributed by atoms with Crippen LogP contribution in [0.3, 0.4) is 0 Å². The number of carbonyl (C=O) groups is 2. The summed E-state index contributed by atoms with van der Waals surface area (Å²) in [6.07, 6.45) is 0.234. The van der Waals surface area contributed by atoms with E-state index >= 15 is 0 Å². The summed E-state index contributed by atoms with van der Waals surface area (Å²) in [6.45, 7) is 2.12. The van der Waals surface area contributed by atoms with Crippen molar-refractivity contribution in [3.05, 3.63) is 53.1 Å². The van der Waals surface area contributed by atoms with Crippen LogP contribution in [0.25, 0.3) is 0 Å². The molecule has 0 saturated carbocycles. The lowest BCUT2D eigenvalue weighted by molar-refractivity contribution is -0.121. The van der Waals surface area contributed by atoms with Gasteiger partial charge in [0.1, 0.15) is 12.3 Å². The number of nitrogens with one attached hydrogen (secondary N) is 1. The van der Waals surface area contributed by atoms with Crippen molar-refractivity contribution in [2.24, 2.45) is 0 Å². The number of halogens is 1. The molecule has 0 bridgehead atoms. The van der Waals surface area contributed by atoms with Crippen LogP contribution >= 0.6 is 11.6 Å². The molecule has 2 aromatic rings. The van der Waals surface area contributed by atoms with Gasteiger partial charge in [-0.2, -0.15) is 0 Å². The van der Waals surface area contributed by atoms with Crippen molar-refractivity contribution in [3.8, 4) is 5.75 Å². The predicted molar refractivity (Wildman–Crippen MR) is 93.7 cm³/mol. The molecular weight excluding hydrogens is 328 g/mol. The van der Waals surface area contributed by atoms with Gasteiger partial charge in [-0.25, -0.2) is 0 Å². The van der Waals surface area contributed by atoms with Crippen molar-refractivity contribution in [2.45, 2.75) is 13.3 Å². The van der Waals surface area contributed by atoms with E-state index in [4.69, 9.17) is 16.3 Å². The number of anilines is 2. The molecular formula is C18H17ClN2O3. The van der Waals surface area contributed by atoms with Crippen molar-refractivity contribution in [2.75, 3.05) is 23.4 Å². The lowest BCUT2D eigenvalue weighted by Crippen LogP contribution is -2.37. The number of hydrogen-bond acceptors (Lipinski definition) is 3. The molecule has 0 fully saturated rings.